The van der Waals surface area contributed by atoms with E-state index >= 15 is 0 Å². The maximum absolute atomic E-state index is 14.9. The van der Waals surface area contributed by atoms with Crippen molar-refractivity contribution in [1.82, 2.24) is 19.7 Å². The zero-order chi connectivity index (χ0) is 27.0. The van der Waals surface area contributed by atoms with Crippen LogP contribution in [0.1, 0.15) is 55.5 Å². The van der Waals surface area contributed by atoms with E-state index in [9.17, 15) is 19.2 Å². The molecule has 2 aliphatic rings. The second kappa shape index (κ2) is 10.4. The average molecular weight is 533 g/mol. The molecule has 2 atom stereocenters. The molecule has 194 valence electrons. The van der Waals surface area contributed by atoms with E-state index in [0.29, 0.717) is 43.5 Å². The number of rotatable bonds is 2. The standard InChI is InChI=1S/C28H26ClFN6O2/c1-16-4-3-5-23(21-12-18(8-10-32-21)27-22(34-28(16)38)15-33-35(27)2)36-11-9-17(13-24(36)37)25-19(14-31)6-7-20(29)26(25)30/h6-8,10,12-13,15-16,23H,3-5,9,11H2,1-2H3,(H,34,38)/t16-,23+/m1/s1. The predicted octanol–water partition coefficient (Wildman–Crippen LogP) is 5.26. The van der Waals surface area contributed by atoms with E-state index in [-0.39, 0.29) is 39.9 Å². The number of carbonyl (C=O) groups excluding carboxylic acids is 2. The van der Waals surface area contributed by atoms with E-state index in [4.69, 9.17) is 11.6 Å². The third-order valence-corrected chi connectivity index (χ3v) is 7.56. The van der Waals surface area contributed by atoms with Gasteiger partial charge in [-0.3, -0.25) is 19.3 Å². The number of benzene rings is 1. The quantitative estimate of drug-likeness (QED) is 0.484. The molecule has 1 aromatic carbocycles. The first-order valence-corrected chi connectivity index (χ1v) is 12.8. The van der Waals surface area contributed by atoms with Gasteiger partial charge in [-0.05, 0) is 49.1 Å². The number of nitriles is 1. The molecule has 0 spiro atoms. The highest BCUT2D eigenvalue weighted by atomic mass is 35.5. The summed E-state index contributed by atoms with van der Waals surface area (Å²) in [6.45, 7) is 2.21. The topological polar surface area (TPSA) is 104 Å². The Morgan fingerprint density at radius 2 is 2.05 bits per heavy atom. The van der Waals surface area contributed by atoms with Crippen molar-refractivity contribution in [3.63, 3.8) is 0 Å². The minimum atomic E-state index is -0.696. The Morgan fingerprint density at radius 3 is 2.82 bits per heavy atom. The third kappa shape index (κ3) is 4.68. The molecule has 1 N–H and O–H groups in total. The summed E-state index contributed by atoms with van der Waals surface area (Å²) in [4.78, 5) is 32.7. The van der Waals surface area contributed by atoms with E-state index in [0.717, 1.165) is 17.0 Å². The van der Waals surface area contributed by atoms with Crippen LogP contribution in [0.2, 0.25) is 5.02 Å². The lowest BCUT2D eigenvalue weighted by Crippen LogP contribution is -2.38. The van der Waals surface area contributed by atoms with Crippen LogP contribution in [-0.4, -0.2) is 38.0 Å². The predicted molar refractivity (Wildman–Crippen MR) is 141 cm³/mol. The van der Waals surface area contributed by atoms with Gasteiger partial charge in [0.05, 0.1) is 46.0 Å². The summed E-state index contributed by atoms with van der Waals surface area (Å²) in [7, 11) is 1.81. The molecule has 4 heterocycles. The number of hydrogen-bond donors (Lipinski definition) is 1. The maximum Gasteiger partial charge on any atom is 0.247 e. The van der Waals surface area contributed by atoms with Crippen molar-refractivity contribution in [2.45, 2.75) is 38.6 Å². The normalized spacial score (nSPS) is 20.0. The summed E-state index contributed by atoms with van der Waals surface area (Å²) in [6, 6.07) is 8.24. The Bertz CT molecular complexity index is 1510. The fourth-order valence-electron chi connectivity index (χ4n) is 5.24. The average Bonchev–Trinajstić information content (AvgIpc) is 3.27. The SMILES string of the molecule is C[C@@H]1CCC[C@H](N2CCC(c3c(C#N)ccc(Cl)c3F)=CC2=O)c2cc(ccn2)-c2c(cnn2C)NC1=O. The van der Waals surface area contributed by atoms with Crippen LogP contribution in [0.5, 0.6) is 0 Å². The largest absolute Gasteiger partial charge is 0.330 e. The minimum Gasteiger partial charge on any atom is -0.330 e. The Morgan fingerprint density at radius 1 is 1.24 bits per heavy atom. The van der Waals surface area contributed by atoms with Crippen molar-refractivity contribution < 1.29 is 14.0 Å². The van der Waals surface area contributed by atoms with Crippen LogP contribution in [-0.2, 0) is 16.6 Å². The number of nitrogens with one attached hydrogen (secondary N) is 1. The molecule has 2 amide bonds. The van der Waals surface area contributed by atoms with Gasteiger partial charge >= 0.3 is 0 Å². The highest BCUT2D eigenvalue weighted by molar-refractivity contribution is 6.31. The molecule has 2 aliphatic heterocycles. The number of pyridine rings is 1. The summed E-state index contributed by atoms with van der Waals surface area (Å²) < 4.78 is 16.6. The summed E-state index contributed by atoms with van der Waals surface area (Å²) in [5.74, 6) is -1.29. The number of nitrogens with zero attached hydrogens (tertiary/aromatic N) is 5. The number of fused-ring (bicyclic) bond motifs is 4. The number of hydrogen-bond acceptors (Lipinski definition) is 5. The number of amides is 2. The lowest BCUT2D eigenvalue weighted by Gasteiger charge is -2.34. The number of aryl methyl sites for hydroxylation is 1. The van der Waals surface area contributed by atoms with Crippen molar-refractivity contribution in [3.05, 3.63) is 70.4 Å². The molecule has 2 bridgehead atoms. The molecule has 0 aliphatic carbocycles. The summed E-state index contributed by atoms with van der Waals surface area (Å²) in [6.07, 6.45) is 7.03. The molecule has 5 rings (SSSR count). The van der Waals surface area contributed by atoms with Gasteiger partial charge in [0.2, 0.25) is 11.8 Å². The Labute approximate surface area is 224 Å². The monoisotopic (exact) mass is 532 g/mol. The Balaban J connectivity index is 1.54. The first kappa shape index (κ1) is 25.6. The maximum atomic E-state index is 14.9. The molecular formula is C28H26ClFN6O2. The minimum absolute atomic E-state index is 0.0791. The molecule has 10 heteroatoms. The summed E-state index contributed by atoms with van der Waals surface area (Å²) in [5, 5.41) is 16.7. The van der Waals surface area contributed by atoms with E-state index < -0.39 is 5.82 Å². The number of halogens is 2. The van der Waals surface area contributed by atoms with Gasteiger partial charge in [-0.1, -0.05) is 24.9 Å². The number of aromatic nitrogens is 3. The van der Waals surface area contributed by atoms with Gasteiger partial charge in [-0.15, -0.1) is 0 Å². The molecule has 38 heavy (non-hydrogen) atoms. The second-order valence-electron chi connectivity index (χ2n) is 9.68. The Hall–Kier alpha value is -4.03. The van der Waals surface area contributed by atoms with Crippen molar-refractivity contribution in [2.24, 2.45) is 13.0 Å². The summed E-state index contributed by atoms with van der Waals surface area (Å²) >= 11 is 5.98. The van der Waals surface area contributed by atoms with Crippen molar-refractivity contribution in [3.8, 4) is 17.3 Å². The third-order valence-electron chi connectivity index (χ3n) is 7.27. The highest BCUT2D eigenvalue weighted by Gasteiger charge is 2.31. The van der Waals surface area contributed by atoms with Gasteiger partial charge in [0.15, 0.2) is 5.82 Å². The van der Waals surface area contributed by atoms with Crippen molar-refractivity contribution in [2.75, 3.05) is 11.9 Å². The number of carbonyl (C=O) groups is 2. The summed E-state index contributed by atoms with van der Waals surface area (Å²) in [5.41, 5.74) is 3.59. The van der Waals surface area contributed by atoms with Crippen LogP contribution >= 0.6 is 11.6 Å². The highest BCUT2D eigenvalue weighted by Crippen LogP contribution is 2.37. The first-order valence-electron chi connectivity index (χ1n) is 12.5. The van der Waals surface area contributed by atoms with Gasteiger partial charge in [-0.2, -0.15) is 10.4 Å². The lowest BCUT2D eigenvalue weighted by atomic mass is 9.92. The molecule has 2 aromatic heterocycles. The smallest absolute Gasteiger partial charge is 0.247 e. The van der Waals surface area contributed by atoms with Crippen LogP contribution in [0.15, 0.2) is 42.7 Å². The first-order chi connectivity index (χ1) is 18.3. The van der Waals surface area contributed by atoms with Crippen LogP contribution in [0, 0.1) is 23.1 Å². The van der Waals surface area contributed by atoms with Crippen LogP contribution in [0.4, 0.5) is 10.1 Å². The van der Waals surface area contributed by atoms with Crippen LogP contribution < -0.4 is 5.32 Å². The lowest BCUT2D eigenvalue weighted by molar-refractivity contribution is -0.129. The molecule has 3 aromatic rings. The molecule has 0 unspecified atom stereocenters. The van der Waals surface area contributed by atoms with E-state index in [1.165, 1.54) is 18.2 Å². The van der Waals surface area contributed by atoms with Gasteiger partial charge < -0.3 is 10.2 Å². The van der Waals surface area contributed by atoms with Crippen molar-refractivity contribution in [1.29, 1.82) is 5.26 Å². The van der Waals surface area contributed by atoms with E-state index in [1.54, 1.807) is 22.0 Å². The second-order valence-corrected chi connectivity index (χ2v) is 10.1. The fourth-order valence-corrected chi connectivity index (χ4v) is 5.39. The molecular weight excluding hydrogens is 507 g/mol. The zero-order valence-corrected chi connectivity index (χ0v) is 21.8. The molecule has 8 nitrogen and oxygen atoms in total. The van der Waals surface area contributed by atoms with Gasteiger partial charge in [-0.25, -0.2) is 4.39 Å². The van der Waals surface area contributed by atoms with Crippen LogP contribution in [0.25, 0.3) is 16.8 Å². The fraction of sp³-hybridized carbons (Fsp3) is 0.321. The van der Waals surface area contributed by atoms with Gasteiger partial charge in [0.1, 0.15) is 0 Å². The zero-order valence-electron chi connectivity index (χ0n) is 21.0. The molecule has 0 fully saturated rings. The molecule has 0 saturated heterocycles. The number of anilines is 1. The van der Waals surface area contributed by atoms with E-state index in [1.807, 2.05) is 32.2 Å². The Kier molecular flexibility index (Phi) is 7.00. The molecule has 0 radical (unpaired) electrons. The van der Waals surface area contributed by atoms with Crippen LogP contribution in [0.3, 0.4) is 0 Å². The molecule has 0 saturated carbocycles. The van der Waals surface area contributed by atoms with Gasteiger partial charge in [0.25, 0.3) is 0 Å². The van der Waals surface area contributed by atoms with Crippen molar-refractivity contribution >= 4 is 34.7 Å². The van der Waals surface area contributed by atoms with E-state index in [2.05, 4.69) is 15.4 Å². The van der Waals surface area contributed by atoms with Gasteiger partial charge in [0, 0.05) is 42.9 Å².